The number of carbonyl (C=O) groups is 1. The zero-order valence-corrected chi connectivity index (χ0v) is 17.8. The van der Waals surface area contributed by atoms with Crippen LogP contribution in [0.25, 0.3) is 0 Å². The molecule has 0 saturated heterocycles. The third kappa shape index (κ3) is 20.4. The Hall–Kier alpha value is -2.17. The van der Waals surface area contributed by atoms with Crippen LogP contribution in [-0.4, -0.2) is 35.5 Å². The molecule has 0 aliphatic rings. The first-order chi connectivity index (χ1) is 14.2. The SMILES string of the molecule is CC/C=C\C/C=C\C/C=C\C/C=C\C/C=C\C/C=C\CCC(=O)OC(CO)CO. The first-order valence-corrected chi connectivity index (χ1v) is 10.6. The molecule has 162 valence electrons. The fourth-order valence-electron chi connectivity index (χ4n) is 2.22. The molecule has 0 aliphatic heterocycles. The molecule has 0 aromatic heterocycles. The van der Waals surface area contributed by atoms with Crippen molar-refractivity contribution in [2.45, 2.75) is 64.4 Å². The van der Waals surface area contributed by atoms with E-state index in [9.17, 15) is 4.79 Å². The number of hydrogen-bond acceptors (Lipinski definition) is 4. The van der Waals surface area contributed by atoms with Crippen LogP contribution in [0.15, 0.2) is 72.9 Å². The molecule has 29 heavy (non-hydrogen) atoms. The highest BCUT2D eigenvalue weighted by molar-refractivity contribution is 5.69. The van der Waals surface area contributed by atoms with Gasteiger partial charge in [-0.25, -0.2) is 0 Å². The maximum Gasteiger partial charge on any atom is 0.306 e. The van der Waals surface area contributed by atoms with Crippen LogP contribution < -0.4 is 0 Å². The quantitative estimate of drug-likeness (QED) is 0.254. The Balaban J connectivity index is 3.63. The summed E-state index contributed by atoms with van der Waals surface area (Å²) in [5, 5.41) is 17.7. The van der Waals surface area contributed by atoms with Gasteiger partial charge in [0.05, 0.1) is 13.2 Å². The number of ether oxygens (including phenoxy) is 1. The first-order valence-electron chi connectivity index (χ1n) is 10.6. The molecule has 0 aromatic rings. The van der Waals surface area contributed by atoms with Crippen molar-refractivity contribution in [3.8, 4) is 0 Å². The van der Waals surface area contributed by atoms with Crippen molar-refractivity contribution in [3.05, 3.63) is 72.9 Å². The molecule has 0 fully saturated rings. The standard InChI is InChI=1S/C25H38O4/c1-2-3-4-5-6-7-8-9-10-11-12-13-14-15-16-17-18-19-20-21-25(28)29-24(22-26)23-27/h3-4,6-7,9-10,12-13,15-16,18-19,24,26-27H,2,5,8,11,14,17,20-23H2,1H3/b4-3-,7-6-,10-9-,13-12-,16-15-,19-18-. The highest BCUT2D eigenvalue weighted by atomic mass is 16.6. The van der Waals surface area contributed by atoms with E-state index in [4.69, 9.17) is 14.9 Å². The zero-order chi connectivity index (χ0) is 21.4. The molecule has 0 radical (unpaired) electrons. The number of aliphatic hydroxyl groups excluding tert-OH is 2. The second-order valence-corrected chi connectivity index (χ2v) is 6.43. The van der Waals surface area contributed by atoms with Gasteiger partial charge in [0.15, 0.2) is 0 Å². The number of hydrogen-bond donors (Lipinski definition) is 2. The van der Waals surface area contributed by atoms with Crippen LogP contribution in [0, 0.1) is 0 Å². The molecule has 2 N–H and O–H groups in total. The van der Waals surface area contributed by atoms with Gasteiger partial charge < -0.3 is 14.9 Å². The van der Waals surface area contributed by atoms with Gasteiger partial charge in [-0.1, -0.05) is 79.8 Å². The van der Waals surface area contributed by atoms with Gasteiger partial charge in [0.1, 0.15) is 6.10 Å². The molecular weight excluding hydrogens is 364 g/mol. The smallest absolute Gasteiger partial charge is 0.306 e. The lowest BCUT2D eigenvalue weighted by atomic mass is 10.2. The van der Waals surface area contributed by atoms with Crippen LogP contribution in [0.3, 0.4) is 0 Å². The molecule has 4 nitrogen and oxygen atoms in total. The number of carbonyl (C=O) groups excluding carboxylic acids is 1. The Morgan fingerprint density at radius 3 is 1.45 bits per heavy atom. The van der Waals surface area contributed by atoms with E-state index >= 15 is 0 Å². The summed E-state index contributed by atoms with van der Waals surface area (Å²) in [6, 6.07) is 0. The molecule has 0 amide bonds. The molecule has 0 rings (SSSR count). The van der Waals surface area contributed by atoms with Gasteiger partial charge in [0.25, 0.3) is 0 Å². The predicted molar refractivity (Wildman–Crippen MR) is 122 cm³/mol. The number of aliphatic hydroxyl groups is 2. The third-order valence-corrected chi connectivity index (χ3v) is 3.82. The minimum Gasteiger partial charge on any atom is -0.457 e. The lowest BCUT2D eigenvalue weighted by Gasteiger charge is -2.11. The minimum atomic E-state index is -0.812. The summed E-state index contributed by atoms with van der Waals surface area (Å²) in [6.45, 7) is 1.42. The first kappa shape index (κ1) is 26.8. The van der Waals surface area contributed by atoms with Crippen molar-refractivity contribution in [2.24, 2.45) is 0 Å². The number of rotatable bonds is 17. The van der Waals surface area contributed by atoms with Gasteiger partial charge in [0.2, 0.25) is 0 Å². The molecular formula is C25H38O4. The molecule has 0 aromatic carbocycles. The Morgan fingerprint density at radius 1 is 0.690 bits per heavy atom. The van der Waals surface area contributed by atoms with Gasteiger partial charge in [-0.3, -0.25) is 4.79 Å². The lowest BCUT2D eigenvalue weighted by Crippen LogP contribution is -2.25. The van der Waals surface area contributed by atoms with Crippen molar-refractivity contribution in [1.82, 2.24) is 0 Å². The van der Waals surface area contributed by atoms with E-state index in [0.717, 1.165) is 38.5 Å². The number of allylic oxidation sites excluding steroid dienone is 12. The Kier molecular flexibility index (Phi) is 20.5. The van der Waals surface area contributed by atoms with E-state index in [1.807, 2.05) is 12.2 Å². The number of esters is 1. The van der Waals surface area contributed by atoms with Gasteiger partial charge in [-0.05, 0) is 44.9 Å². The highest BCUT2D eigenvalue weighted by Crippen LogP contribution is 2.00. The Morgan fingerprint density at radius 2 is 1.07 bits per heavy atom. The van der Waals surface area contributed by atoms with E-state index in [0.29, 0.717) is 6.42 Å². The topological polar surface area (TPSA) is 66.8 Å². The Labute approximate surface area is 176 Å². The van der Waals surface area contributed by atoms with Crippen LogP contribution >= 0.6 is 0 Å². The second kappa shape index (κ2) is 22.1. The Bertz CT molecular complexity index is 549. The van der Waals surface area contributed by atoms with Crippen molar-refractivity contribution in [2.75, 3.05) is 13.2 Å². The molecule has 4 heteroatoms. The average Bonchev–Trinajstić information content (AvgIpc) is 2.73. The van der Waals surface area contributed by atoms with Crippen LogP contribution in [0.2, 0.25) is 0 Å². The summed E-state index contributed by atoms with van der Waals surface area (Å²) in [4.78, 5) is 11.4. The van der Waals surface area contributed by atoms with Crippen molar-refractivity contribution < 1.29 is 19.7 Å². The van der Waals surface area contributed by atoms with E-state index in [-0.39, 0.29) is 19.6 Å². The van der Waals surface area contributed by atoms with Crippen molar-refractivity contribution >= 4 is 5.97 Å². The summed E-state index contributed by atoms with van der Waals surface area (Å²) >= 11 is 0. The molecule has 0 aliphatic carbocycles. The maximum atomic E-state index is 11.4. The van der Waals surface area contributed by atoms with Gasteiger partial charge in [-0.2, -0.15) is 0 Å². The molecule has 0 spiro atoms. The largest absolute Gasteiger partial charge is 0.457 e. The average molecular weight is 403 g/mol. The fourth-order valence-corrected chi connectivity index (χ4v) is 2.22. The lowest BCUT2D eigenvalue weighted by molar-refractivity contribution is -0.153. The zero-order valence-electron chi connectivity index (χ0n) is 17.8. The van der Waals surface area contributed by atoms with Crippen LogP contribution in [0.4, 0.5) is 0 Å². The summed E-state index contributed by atoms with van der Waals surface area (Å²) in [5.74, 6) is -0.405. The van der Waals surface area contributed by atoms with Gasteiger partial charge >= 0.3 is 5.97 Å². The third-order valence-electron chi connectivity index (χ3n) is 3.82. The summed E-state index contributed by atoms with van der Waals surface area (Å²) < 4.78 is 4.88. The van der Waals surface area contributed by atoms with Crippen LogP contribution in [0.1, 0.15) is 58.3 Å². The minimum absolute atomic E-state index is 0.249. The summed E-state index contributed by atoms with van der Waals surface area (Å²) in [5.41, 5.74) is 0. The molecule has 0 heterocycles. The summed E-state index contributed by atoms with van der Waals surface area (Å²) in [6.07, 6.45) is 31.5. The van der Waals surface area contributed by atoms with E-state index in [2.05, 4.69) is 67.7 Å². The maximum absolute atomic E-state index is 11.4. The second-order valence-electron chi connectivity index (χ2n) is 6.43. The monoisotopic (exact) mass is 402 g/mol. The fraction of sp³-hybridized carbons (Fsp3) is 0.480. The van der Waals surface area contributed by atoms with Gasteiger partial charge in [-0.15, -0.1) is 0 Å². The highest BCUT2D eigenvalue weighted by Gasteiger charge is 2.10. The van der Waals surface area contributed by atoms with E-state index in [1.54, 1.807) is 0 Å². The van der Waals surface area contributed by atoms with Crippen LogP contribution in [-0.2, 0) is 9.53 Å². The van der Waals surface area contributed by atoms with Gasteiger partial charge in [0, 0.05) is 6.42 Å². The molecule has 0 saturated carbocycles. The predicted octanol–water partition coefficient (Wildman–Crippen LogP) is 5.36. The molecule has 0 unspecified atom stereocenters. The van der Waals surface area contributed by atoms with Crippen molar-refractivity contribution in [3.63, 3.8) is 0 Å². The van der Waals surface area contributed by atoms with E-state index < -0.39 is 12.1 Å². The van der Waals surface area contributed by atoms with Crippen molar-refractivity contribution in [1.29, 1.82) is 0 Å². The van der Waals surface area contributed by atoms with Crippen LogP contribution in [0.5, 0.6) is 0 Å². The summed E-state index contributed by atoms with van der Waals surface area (Å²) in [7, 11) is 0. The molecule has 0 bridgehead atoms. The molecule has 0 atom stereocenters. The normalized spacial score (nSPS) is 13.0. The van der Waals surface area contributed by atoms with E-state index in [1.165, 1.54) is 0 Å².